The lowest BCUT2D eigenvalue weighted by molar-refractivity contribution is -0.137. The lowest BCUT2D eigenvalue weighted by atomic mass is 10.1. The van der Waals surface area contributed by atoms with Crippen molar-refractivity contribution in [2.24, 2.45) is 0 Å². The molecule has 1 rings (SSSR count). The minimum Gasteiger partial charge on any atom is -0.351 e. The minimum atomic E-state index is -4.42. The van der Waals surface area contributed by atoms with Crippen molar-refractivity contribution in [3.05, 3.63) is 29.8 Å². The van der Waals surface area contributed by atoms with Gasteiger partial charge in [-0.1, -0.05) is 0 Å². The number of hydrogen-bond acceptors (Lipinski definition) is 2. The molecule has 0 bridgehead atoms. The molecule has 0 fully saturated rings. The van der Waals surface area contributed by atoms with E-state index in [2.05, 4.69) is 5.32 Å². The molecule has 1 aromatic carbocycles. The van der Waals surface area contributed by atoms with Crippen molar-refractivity contribution in [2.75, 3.05) is 11.4 Å². The fraction of sp³-hybridized carbons (Fsp3) is 0.500. The smallest absolute Gasteiger partial charge is 0.351 e. The highest BCUT2D eigenvalue weighted by atomic mass is 19.4. The molecule has 0 heterocycles. The van der Waals surface area contributed by atoms with Gasteiger partial charge in [0.05, 0.1) is 5.56 Å². The molecule has 4 nitrogen and oxygen atoms in total. The molecule has 128 valence electrons. The van der Waals surface area contributed by atoms with Gasteiger partial charge in [-0.05, 0) is 45.0 Å². The first-order valence-electron chi connectivity index (χ1n) is 7.16. The first-order chi connectivity index (χ1) is 10.4. The van der Waals surface area contributed by atoms with Gasteiger partial charge in [0.2, 0.25) is 11.8 Å². The maximum atomic E-state index is 12.6. The SMILES string of the molecule is CC(=O)N(CCC(=O)NC(C)(C)C)c1ccc(C(F)(F)F)cc1. The van der Waals surface area contributed by atoms with E-state index >= 15 is 0 Å². The summed E-state index contributed by atoms with van der Waals surface area (Å²) in [6.45, 7) is 6.92. The molecular formula is C16H21F3N2O2. The number of amides is 2. The molecule has 0 saturated carbocycles. The Balaban J connectivity index is 2.80. The second-order valence-electron chi connectivity index (χ2n) is 6.26. The van der Waals surface area contributed by atoms with Gasteiger partial charge in [0.15, 0.2) is 0 Å². The maximum Gasteiger partial charge on any atom is 0.416 e. The van der Waals surface area contributed by atoms with Crippen molar-refractivity contribution < 1.29 is 22.8 Å². The van der Waals surface area contributed by atoms with Crippen molar-refractivity contribution in [2.45, 2.75) is 45.8 Å². The van der Waals surface area contributed by atoms with E-state index in [4.69, 9.17) is 0 Å². The zero-order chi connectivity index (χ0) is 17.8. The number of carbonyl (C=O) groups excluding carboxylic acids is 2. The van der Waals surface area contributed by atoms with Crippen LogP contribution in [0.1, 0.15) is 39.7 Å². The molecule has 0 atom stereocenters. The molecule has 0 saturated heterocycles. The molecule has 1 N–H and O–H groups in total. The lowest BCUT2D eigenvalue weighted by Gasteiger charge is -2.24. The van der Waals surface area contributed by atoms with Crippen molar-refractivity contribution in [1.82, 2.24) is 5.32 Å². The predicted molar refractivity (Wildman–Crippen MR) is 82.0 cm³/mol. The number of hydrogen-bond donors (Lipinski definition) is 1. The summed E-state index contributed by atoms with van der Waals surface area (Å²) >= 11 is 0. The molecule has 7 heteroatoms. The topological polar surface area (TPSA) is 49.4 Å². The van der Waals surface area contributed by atoms with E-state index in [1.54, 1.807) is 0 Å². The van der Waals surface area contributed by atoms with Crippen LogP contribution in [0.5, 0.6) is 0 Å². The molecule has 0 aromatic heterocycles. The van der Waals surface area contributed by atoms with Crippen LogP contribution in [-0.2, 0) is 15.8 Å². The number of benzene rings is 1. The molecule has 0 aliphatic heterocycles. The zero-order valence-electron chi connectivity index (χ0n) is 13.6. The molecule has 0 aliphatic carbocycles. The number of carbonyl (C=O) groups is 2. The Bertz CT molecular complexity index is 560. The summed E-state index contributed by atoms with van der Waals surface area (Å²) in [7, 11) is 0. The van der Waals surface area contributed by atoms with E-state index < -0.39 is 11.7 Å². The molecule has 0 aliphatic rings. The summed E-state index contributed by atoms with van der Waals surface area (Å²) in [5.41, 5.74) is -0.837. The van der Waals surface area contributed by atoms with Gasteiger partial charge >= 0.3 is 6.18 Å². The van der Waals surface area contributed by atoms with Gasteiger partial charge in [-0.3, -0.25) is 9.59 Å². The summed E-state index contributed by atoms with van der Waals surface area (Å²) in [5.74, 6) is -0.566. The molecule has 0 unspecified atom stereocenters. The van der Waals surface area contributed by atoms with Crippen LogP contribution in [-0.4, -0.2) is 23.9 Å². The highest BCUT2D eigenvalue weighted by molar-refractivity contribution is 5.92. The Hall–Kier alpha value is -2.05. The van der Waals surface area contributed by atoms with Crippen LogP contribution >= 0.6 is 0 Å². The van der Waals surface area contributed by atoms with Crippen molar-refractivity contribution in [3.63, 3.8) is 0 Å². The zero-order valence-corrected chi connectivity index (χ0v) is 13.6. The van der Waals surface area contributed by atoms with Crippen LogP contribution < -0.4 is 10.2 Å². The lowest BCUT2D eigenvalue weighted by Crippen LogP contribution is -2.42. The average Bonchev–Trinajstić information content (AvgIpc) is 2.35. The van der Waals surface area contributed by atoms with Crippen molar-refractivity contribution in [3.8, 4) is 0 Å². The average molecular weight is 330 g/mol. The van der Waals surface area contributed by atoms with Gasteiger partial charge in [-0.2, -0.15) is 13.2 Å². The third-order valence-electron chi connectivity index (χ3n) is 2.96. The number of nitrogens with one attached hydrogen (secondary N) is 1. The molecule has 2 amide bonds. The normalized spacial score (nSPS) is 12.0. The van der Waals surface area contributed by atoms with Gasteiger partial charge in [0, 0.05) is 31.1 Å². The summed E-state index contributed by atoms with van der Waals surface area (Å²) in [4.78, 5) is 24.8. The fourth-order valence-corrected chi connectivity index (χ4v) is 1.99. The van der Waals surface area contributed by atoms with Gasteiger partial charge in [-0.25, -0.2) is 0 Å². The monoisotopic (exact) mass is 330 g/mol. The third kappa shape index (κ3) is 6.30. The van der Waals surface area contributed by atoms with E-state index in [0.29, 0.717) is 5.69 Å². The number of halogens is 3. The minimum absolute atomic E-state index is 0.0673. The third-order valence-corrected chi connectivity index (χ3v) is 2.96. The first kappa shape index (κ1) is 19.0. The number of anilines is 1. The van der Waals surface area contributed by atoms with E-state index in [9.17, 15) is 22.8 Å². The maximum absolute atomic E-state index is 12.6. The van der Waals surface area contributed by atoms with E-state index in [1.807, 2.05) is 20.8 Å². The highest BCUT2D eigenvalue weighted by Gasteiger charge is 2.30. The van der Waals surface area contributed by atoms with Crippen LogP contribution in [0.2, 0.25) is 0 Å². The van der Waals surface area contributed by atoms with Gasteiger partial charge in [-0.15, -0.1) is 0 Å². The standard InChI is InChI=1S/C16H21F3N2O2/c1-11(22)21(10-9-14(23)20-15(2,3)4)13-7-5-12(6-8-13)16(17,18)19/h5-8H,9-10H2,1-4H3,(H,20,23). The summed E-state index contributed by atoms with van der Waals surface area (Å²) < 4.78 is 37.7. The van der Waals surface area contributed by atoms with E-state index in [-0.39, 0.29) is 30.3 Å². The molecular weight excluding hydrogens is 309 g/mol. The number of alkyl halides is 3. The van der Waals surface area contributed by atoms with Crippen LogP contribution in [0.25, 0.3) is 0 Å². The van der Waals surface area contributed by atoms with E-state index in [1.165, 1.54) is 24.0 Å². The molecule has 0 spiro atoms. The van der Waals surface area contributed by atoms with Crippen LogP contribution in [0.3, 0.4) is 0 Å². The van der Waals surface area contributed by atoms with Crippen LogP contribution in [0.4, 0.5) is 18.9 Å². The Morgan fingerprint density at radius 2 is 1.61 bits per heavy atom. The molecule has 0 radical (unpaired) electrons. The number of nitrogens with zero attached hydrogens (tertiary/aromatic N) is 1. The molecule has 1 aromatic rings. The Kier molecular flexibility index (Phi) is 5.80. The summed E-state index contributed by atoms with van der Waals surface area (Å²) in [6.07, 6.45) is -4.36. The van der Waals surface area contributed by atoms with Crippen molar-refractivity contribution >= 4 is 17.5 Å². The largest absolute Gasteiger partial charge is 0.416 e. The second kappa shape index (κ2) is 7.02. The second-order valence-corrected chi connectivity index (χ2v) is 6.26. The highest BCUT2D eigenvalue weighted by Crippen LogP contribution is 2.30. The van der Waals surface area contributed by atoms with Gasteiger partial charge in [0.1, 0.15) is 0 Å². The number of rotatable bonds is 4. The Labute approximate surface area is 133 Å². The van der Waals surface area contributed by atoms with Crippen molar-refractivity contribution in [1.29, 1.82) is 0 Å². The summed E-state index contributed by atoms with van der Waals surface area (Å²) in [5, 5.41) is 2.77. The van der Waals surface area contributed by atoms with Gasteiger partial charge in [0.25, 0.3) is 0 Å². The fourth-order valence-electron chi connectivity index (χ4n) is 1.99. The summed E-state index contributed by atoms with van der Waals surface area (Å²) in [6, 6.07) is 4.29. The first-order valence-corrected chi connectivity index (χ1v) is 7.16. The van der Waals surface area contributed by atoms with Gasteiger partial charge < -0.3 is 10.2 Å². The van der Waals surface area contributed by atoms with Crippen LogP contribution in [0, 0.1) is 0 Å². The Morgan fingerprint density at radius 3 is 2.00 bits per heavy atom. The predicted octanol–water partition coefficient (Wildman–Crippen LogP) is 3.36. The van der Waals surface area contributed by atoms with Crippen LogP contribution in [0.15, 0.2) is 24.3 Å². The quantitative estimate of drug-likeness (QED) is 0.920. The molecule has 23 heavy (non-hydrogen) atoms. The Morgan fingerprint density at radius 1 is 1.09 bits per heavy atom. The van der Waals surface area contributed by atoms with E-state index in [0.717, 1.165) is 12.1 Å².